The van der Waals surface area contributed by atoms with E-state index in [1.165, 1.54) is 11.1 Å². The van der Waals surface area contributed by atoms with Crippen molar-refractivity contribution in [3.05, 3.63) is 71.3 Å². The Kier molecular flexibility index (Phi) is 6.07. The van der Waals surface area contributed by atoms with Crippen molar-refractivity contribution < 1.29 is 9.90 Å². The van der Waals surface area contributed by atoms with E-state index in [2.05, 4.69) is 35.6 Å². The number of nitrogens with one attached hydrogen (secondary N) is 1. The molecule has 25 heavy (non-hydrogen) atoms. The SMILES string of the molecule is O=C(NCC(CCO)c1ccccc1)N1CCCc2ccccc2C1. The molecule has 0 radical (unpaired) electrons. The van der Waals surface area contributed by atoms with Crippen molar-refractivity contribution in [3.8, 4) is 0 Å². The molecule has 0 bridgehead atoms. The van der Waals surface area contributed by atoms with Gasteiger partial charge in [0.15, 0.2) is 0 Å². The van der Waals surface area contributed by atoms with Crippen LogP contribution in [0, 0.1) is 0 Å². The van der Waals surface area contributed by atoms with Gasteiger partial charge < -0.3 is 15.3 Å². The number of carbonyl (C=O) groups is 1. The third kappa shape index (κ3) is 4.60. The van der Waals surface area contributed by atoms with E-state index in [0.29, 0.717) is 19.5 Å². The fraction of sp³-hybridized carbons (Fsp3) is 0.381. The zero-order valence-corrected chi connectivity index (χ0v) is 14.5. The van der Waals surface area contributed by atoms with Crippen molar-refractivity contribution in [2.75, 3.05) is 19.7 Å². The predicted molar refractivity (Wildman–Crippen MR) is 99.5 cm³/mol. The van der Waals surface area contributed by atoms with Gasteiger partial charge in [0.1, 0.15) is 0 Å². The Bertz CT molecular complexity index is 687. The number of aryl methyl sites for hydroxylation is 1. The summed E-state index contributed by atoms with van der Waals surface area (Å²) in [6, 6.07) is 18.4. The average Bonchev–Trinajstić information content (AvgIpc) is 2.88. The Morgan fingerprint density at radius 2 is 1.80 bits per heavy atom. The molecule has 0 fully saturated rings. The predicted octanol–water partition coefficient (Wildman–Crippen LogP) is 3.31. The maximum atomic E-state index is 12.7. The molecule has 4 heteroatoms. The van der Waals surface area contributed by atoms with Crippen molar-refractivity contribution in [1.29, 1.82) is 0 Å². The molecule has 1 aliphatic heterocycles. The Labute approximate surface area is 149 Å². The molecular formula is C21H26N2O2. The average molecular weight is 338 g/mol. The van der Waals surface area contributed by atoms with E-state index >= 15 is 0 Å². The van der Waals surface area contributed by atoms with Crippen LogP contribution in [0.4, 0.5) is 4.79 Å². The summed E-state index contributed by atoms with van der Waals surface area (Å²) in [4.78, 5) is 14.5. The van der Waals surface area contributed by atoms with Gasteiger partial charge >= 0.3 is 6.03 Å². The highest BCUT2D eigenvalue weighted by molar-refractivity contribution is 5.74. The number of aliphatic hydroxyl groups is 1. The lowest BCUT2D eigenvalue weighted by molar-refractivity contribution is 0.194. The Balaban J connectivity index is 1.61. The first kappa shape index (κ1) is 17.5. The molecule has 2 aromatic carbocycles. The summed E-state index contributed by atoms with van der Waals surface area (Å²) in [5.74, 6) is 0.134. The van der Waals surface area contributed by atoms with Gasteiger partial charge in [0.2, 0.25) is 0 Å². The van der Waals surface area contributed by atoms with Gasteiger partial charge in [-0.1, -0.05) is 54.6 Å². The summed E-state index contributed by atoms with van der Waals surface area (Å²) >= 11 is 0. The number of carbonyl (C=O) groups excluding carboxylic acids is 1. The molecule has 2 N–H and O–H groups in total. The molecule has 2 aromatic rings. The third-order valence-corrected chi connectivity index (χ3v) is 4.89. The van der Waals surface area contributed by atoms with Crippen LogP contribution >= 0.6 is 0 Å². The van der Waals surface area contributed by atoms with Crippen LogP contribution in [-0.4, -0.2) is 35.7 Å². The fourth-order valence-corrected chi connectivity index (χ4v) is 3.46. The van der Waals surface area contributed by atoms with E-state index in [1.54, 1.807) is 0 Å². The molecule has 0 spiro atoms. The smallest absolute Gasteiger partial charge is 0.317 e. The van der Waals surface area contributed by atoms with Gasteiger partial charge in [-0.25, -0.2) is 4.79 Å². The van der Waals surface area contributed by atoms with Crippen LogP contribution in [0.3, 0.4) is 0 Å². The van der Waals surface area contributed by atoms with Gasteiger partial charge in [0.05, 0.1) is 0 Å². The van der Waals surface area contributed by atoms with Gasteiger partial charge in [-0.3, -0.25) is 0 Å². The number of hydrogen-bond acceptors (Lipinski definition) is 2. The van der Waals surface area contributed by atoms with Crippen molar-refractivity contribution in [3.63, 3.8) is 0 Å². The molecular weight excluding hydrogens is 312 g/mol. The largest absolute Gasteiger partial charge is 0.396 e. The van der Waals surface area contributed by atoms with Gasteiger partial charge in [0, 0.05) is 32.2 Å². The Morgan fingerprint density at radius 3 is 2.56 bits per heavy atom. The second-order valence-electron chi connectivity index (χ2n) is 6.60. The van der Waals surface area contributed by atoms with E-state index in [0.717, 1.165) is 24.9 Å². The van der Waals surface area contributed by atoms with Crippen molar-refractivity contribution in [2.45, 2.75) is 31.7 Å². The maximum Gasteiger partial charge on any atom is 0.317 e. The molecule has 4 nitrogen and oxygen atoms in total. The quantitative estimate of drug-likeness (QED) is 0.879. The molecule has 1 unspecified atom stereocenters. The van der Waals surface area contributed by atoms with Crippen molar-refractivity contribution in [2.24, 2.45) is 0 Å². The molecule has 0 saturated carbocycles. The summed E-state index contributed by atoms with van der Waals surface area (Å²) in [5.41, 5.74) is 3.74. The van der Waals surface area contributed by atoms with Crippen LogP contribution in [0.5, 0.6) is 0 Å². The minimum absolute atomic E-state index is 0.0180. The first-order valence-electron chi connectivity index (χ1n) is 9.03. The fourth-order valence-electron chi connectivity index (χ4n) is 3.46. The summed E-state index contributed by atoms with van der Waals surface area (Å²) in [7, 11) is 0. The zero-order chi connectivity index (χ0) is 17.5. The highest BCUT2D eigenvalue weighted by Crippen LogP contribution is 2.20. The molecule has 0 aliphatic carbocycles. The highest BCUT2D eigenvalue weighted by Gasteiger charge is 2.20. The Morgan fingerprint density at radius 1 is 1.08 bits per heavy atom. The van der Waals surface area contributed by atoms with Crippen LogP contribution in [0.15, 0.2) is 54.6 Å². The lowest BCUT2D eigenvalue weighted by Gasteiger charge is -2.24. The molecule has 1 aliphatic rings. The second-order valence-corrected chi connectivity index (χ2v) is 6.60. The number of aliphatic hydroxyl groups excluding tert-OH is 1. The number of nitrogens with zero attached hydrogens (tertiary/aromatic N) is 1. The van der Waals surface area contributed by atoms with E-state index < -0.39 is 0 Å². The van der Waals surface area contributed by atoms with Crippen LogP contribution in [0.25, 0.3) is 0 Å². The van der Waals surface area contributed by atoms with Crippen molar-refractivity contribution >= 4 is 6.03 Å². The number of rotatable bonds is 5. The normalized spacial score (nSPS) is 15.2. The molecule has 1 atom stereocenters. The first-order chi connectivity index (χ1) is 12.3. The van der Waals surface area contributed by atoms with Gasteiger partial charge in [-0.05, 0) is 36.0 Å². The molecule has 3 rings (SSSR count). The molecule has 0 aromatic heterocycles. The molecule has 0 saturated heterocycles. The lowest BCUT2D eigenvalue weighted by Crippen LogP contribution is -2.41. The summed E-state index contributed by atoms with van der Waals surface area (Å²) < 4.78 is 0. The third-order valence-electron chi connectivity index (χ3n) is 4.89. The summed E-state index contributed by atoms with van der Waals surface area (Å²) in [6.45, 7) is 2.10. The van der Waals surface area contributed by atoms with Crippen LogP contribution in [0.1, 0.15) is 35.4 Å². The number of benzene rings is 2. The number of hydrogen-bond donors (Lipinski definition) is 2. The monoisotopic (exact) mass is 338 g/mol. The maximum absolute atomic E-state index is 12.7. The number of amides is 2. The van der Waals surface area contributed by atoms with Crippen LogP contribution < -0.4 is 5.32 Å². The Hall–Kier alpha value is -2.33. The van der Waals surface area contributed by atoms with Crippen LogP contribution in [0.2, 0.25) is 0 Å². The topological polar surface area (TPSA) is 52.6 Å². The van der Waals surface area contributed by atoms with Crippen LogP contribution in [-0.2, 0) is 13.0 Å². The standard InChI is InChI=1S/C21H26N2O2/c24-14-12-19(17-7-2-1-3-8-17)15-22-21(25)23-13-6-11-18-9-4-5-10-20(18)16-23/h1-5,7-10,19,24H,6,11-16H2,(H,22,25). The molecule has 1 heterocycles. The molecule has 2 amide bonds. The zero-order valence-electron chi connectivity index (χ0n) is 14.5. The van der Waals surface area contributed by atoms with Gasteiger partial charge in [-0.15, -0.1) is 0 Å². The van der Waals surface area contributed by atoms with Crippen molar-refractivity contribution in [1.82, 2.24) is 10.2 Å². The minimum Gasteiger partial charge on any atom is -0.396 e. The van der Waals surface area contributed by atoms with Gasteiger partial charge in [0.25, 0.3) is 0 Å². The number of fused-ring (bicyclic) bond motifs is 1. The minimum atomic E-state index is -0.0180. The molecule has 132 valence electrons. The van der Waals surface area contributed by atoms with E-state index in [4.69, 9.17) is 0 Å². The van der Waals surface area contributed by atoms with Gasteiger partial charge in [-0.2, -0.15) is 0 Å². The first-order valence-corrected chi connectivity index (χ1v) is 9.03. The van der Waals surface area contributed by atoms with E-state index in [9.17, 15) is 9.90 Å². The van der Waals surface area contributed by atoms with E-state index in [1.807, 2.05) is 29.2 Å². The summed E-state index contributed by atoms with van der Waals surface area (Å²) in [5, 5.41) is 12.4. The highest BCUT2D eigenvalue weighted by atomic mass is 16.3. The second kappa shape index (κ2) is 8.67. The summed E-state index contributed by atoms with van der Waals surface area (Å²) in [6.07, 6.45) is 2.66. The lowest BCUT2D eigenvalue weighted by atomic mass is 9.96. The number of urea groups is 1. The van der Waals surface area contributed by atoms with E-state index in [-0.39, 0.29) is 18.6 Å².